The third kappa shape index (κ3) is 5.52. The number of ether oxygens (including phenoxy) is 2. The highest BCUT2D eigenvalue weighted by Crippen LogP contribution is 2.31. The summed E-state index contributed by atoms with van der Waals surface area (Å²) in [7, 11) is 0. The number of para-hydroxylation sites is 1. The fraction of sp³-hybridized carbons (Fsp3) is 0.312. The molecule has 0 spiro atoms. The molecule has 3 aromatic heterocycles. The van der Waals surface area contributed by atoms with Gasteiger partial charge >= 0.3 is 6.09 Å². The zero-order chi connectivity index (χ0) is 28.7. The van der Waals surface area contributed by atoms with Gasteiger partial charge in [-0.15, -0.1) is 0 Å². The van der Waals surface area contributed by atoms with E-state index in [0.717, 1.165) is 16.6 Å². The fourth-order valence-corrected chi connectivity index (χ4v) is 5.26. The van der Waals surface area contributed by atoms with Crippen molar-refractivity contribution in [2.75, 3.05) is 13.1 Å². The third-order valence-corrected chi connectivity index (χ3v) is 7.22. The number of rotatable bonds is 4. The molecular formula is C32H33N5O4. The topological polar surface area (TPSA) is 91.0 Å². The first kappa shape index (κ1) is 26.6. The highest BCUT2D eigenvalue weighted by Gasteiger charge is 2.28. The molecule has 0 saturated carbocycles. The number of benzene rings is 2. The normalized spacial score (nSPS) is 14.5. The summed E-state index contributed by atoms with van der Waals surface area (Å²) < 4.78 is 15.2. The van der Waals surface area contributed by atoms with Gasteiger partial charge in [0.25, 0.3) is 5.56 Å². The summed E-state index contributed by atoms with van der Waals surface area (Å²) >= 11 is 0. The van der Waals surface area contributed by atoms with Gasteiger partial charge in [-0.2, -0.15) is 5.10 Å². The van der Waals surface area contributed by atoms with E-state index in [-0.39, 0.29) is 17.7 Å². The second-order valence-corrected chi connectivity index (χ2v) is 11.5. The number of hydrogen-bond acceptors (Lipinski definition) is 6. The molecule has 5 aromatic rings. The highest BCUT2D eigenvalue weighted by atomic mass is 16.6. The van der Waals surface area contributed by atoms with Gasteiger partial charge in [0.1, 0.15) is 11.4 Å². The molecule has 1 fully saturated rings. The van der Waals surface area contributed by atoms with Gasteiger partial charge in [0.15, 0.2) is 11.4 Å². The summed E-state index contributed by atoms with van der Waals surface area (Å²) in [6.07, 6.45) is 4.82. The Balaban J connectivity index is 1.27. The van der Waals surface area contributed by atoms with E-state index in [1.807, 2.05) is 101 Å². The molecular weight excluding hydrogens is 518 g/mol. The van der Waals surface area contributed by atoms with Crippen LogP contribution in [-0.4, -0.2) is 48.8 Å². The van der Waals surface area contributed by atoms with E-state index in [9.17, 15) is 9.59 Å². The van der Waals surface area contributed by atoms with E-state index < -0.39 is 5.60 Å². The maximum Gasteiger partial charge on any atom is 0.410 e. The van der Waals surface area contributed by atoms with Gasteiger partial charge in [-0.3, -0.25) is 4.79 Å². The second kappa shape index (κ2) is 10.4. The molecule has 9 nitrogen and oxygen atoms in total. The van der Waals surface area contributed by atoms with Crippen molar-refractivity contribution in [1.29, 1.82) is 0 Å². The average Bonchev–Trinajstić information content (AvgIpc) is 3.33. The van der Waals surface area contributed by atoms with Crippen molar-refractivity contribution in [1.82, 2.24) is 24.1 Å². The van der Waals surface area contributed by atoms with Crippen LogP contribution < -0.4 is 10.3 Å². The van der Waals surface area contributed by atoms with Gasteiger partial charge in [0, 0.05) is 42.3 Å². The third-order valence-electron chi connectivity index (χ3n) is 7.22. The maximum absolute atomic E-state index is 13.5. The largest absolute Gasteiger partial charge is 0.453 e. The van der Waals surface area contributed by atoms with Crippen molar-refractivity contribution in [3.63, 3.8) is 0 Å². The number of nitrogens with zero attached hydrogens (tertiary/aromatic N) is 5. The van der Waals surface area contributed by atoms with Crippen LogP contribution in [0.15, 0.2) is 77.9 Å². The molecule has 0 aliphatic carbocycles. The predicted molar refractivity (Wildman–Crippen MR) is 158 cm³/mol. The van der Waals surface area contributed by atoms with Gasteiger partial charge < -0.3 is 18.9 Å². The van der Waals surface area contributed by atoms with E-state index in [4.69, 9.17) is 14.6 Å². The minimum atomic E-state index is -0.530. The first-order chi connectivity index (χ1) is 19.6. The molecule has 9 heteroatoms. The molecule has 0 radical (unpaired) electrons. The number of carbonyl (C=O) groups excluding carboxylic acids is 1. The zero-order valence-corrected chi connectivity index (χ0v) is 23.7. The van der Waals surface area contributed by atoms with Crippen molar-refractivity contribution < 1.29 is 14.3 Å². The van der Waals surface area contributed by atoms with Crippen LogP contribution in [0.25, 0.3) is 27.7 Å². The summed E-state index contributed by atoms with van der Waals surface area (Å²) in [4.78, 5) is 32.3. The SMILES string of the molecule is Cc1cn2nc(-c3ccc4c(=O)n(C5CCN(C(=O)OC(C)(C)C)CC5)ccc4c3)cc(Oc3ccccc3)c2n1. The molecule has 6 rings (SSSR count). The Bertz CT molecular complexity index is 1790. The number of carbonyl (C=O) groups is 1. The molecule has 0 bridgehead atoms. The zero-order valence-electron chi connectivity index (χ0n) is 23.7. The predicted octanol–water partition coefficient (Wildman–Crippen LogP) is 6.38. The van der Waals surface area contributed by atoms with Gasteiger partial charge in [-0.25, -0.2) is 14.3 Å². The number of aryl methyl sites for hydroxylation is 1. The number of fused-ring (bicyclic) bond motifs is 2. The molecule has 1 aliphatic heterocycles. The smallest absolute Gasteiger partial charge is 0.410 e. The first-order valence-electron chi connectivity index (χ1n) is 13.9. The lowest BCUT2D eigenvalue weighted by molar-refractivity contribution is 0.0187. The Kier molecular flexibility index (Phi) is 6.73. The van der Waals surface area contributed by atoms with Crippen LogP contribution in [0.4, 0.5) is 4.79 Å². The molecule has 1 saturated heterocycles. The Hall–Kier alpha value is -4.66. The average molecular weight is 552 g/mol. The van der Waals surface area contributed by atoms with Crippen LogP contribution in [0.3, 0.4) is 0 Å². The standard InChI is InChI=1S/C32H33N5O4/c1-21-20-37-29(33-21)28(40-25-8-6-5-7-9-25)19-27(34-37)23-10-11-26-22(18-23)12-17-36(30(26)38)24-13-15-35(16-14-24)31(39)41-32(2,3)4/h5-12,17-20,24H,13-16H2,1-4H3. The van der Waals surface area contributed by atoms with Crippen LogP contribution in [0, 0.1) is 6.92 Å². The Morgan fingerprint density at radius 2 is 1.76 bits per heavy atom. The quantitative estimate of drug-likeness (QED) is 0.257. The van der Waals surface area contributed by atoms with Crippen molar-refractivity contribution in [2.24, 2.45) is 0 Å². The van der Waals surface area contributed by atoms with Gasteiger partial charge in [-0.05, 0) is 76.3 Å². The van der Waals surface area contributed by atoms with Crippen molar-refractivity contribution in [3.8, 4) is 22.8 Å². The first-order valence-corrected chi connectivity index (χ1v) is 13.9. The second-order valence-electron chi connectivity index (χ2n) is 11.5. The summed E-state index contributed by atoms with van der Waals surface area (Å²) in [5.41, 5.74) is 2.48. The van der Waals surface area contributed by atoms with Crippen LogP contribution in [0.1, 0.15) is 45.3 Å². The monoisotopic (exact) mass is 551 g/mol. The number of pyridine rings is 1. The van der Waals surface area contributed by atoms with Crippen LogP contribution in [0.2, 0.25) is 0 Å². The summed E-state index contributed by atoms with van der Waals surface area (Å²) in [6.45, 7) is 8.62. The minimum Gasteiger partial charge on any atom is -0.453 e. The number of likely N-dealkylation sites (tertiary alicyclic amines) is 1. The van der Waals surface area contributed by atoms with Crippen LogP contribution in [-0.2, 0) is 4.74 Å². The van der Waals surface area contributed by atoms with Gasteiger partial charge in [0.05, 0.1) is 17.6 Å². The molecule has 1 amide bonds. The fourth-order valence-electron chi connectivity index (χ4n) is 5.26. The number of amides is 1. The summed E-state index contributed by atoms with van der Waals surface area (Å²) in [5.74, 6) is 1.31. The van der Waals surface area contributed by atoms with Crippen molar-refractivity contribution in [3.05, 3.63) is 89.1 Å². The number of hydrogen-bond donors (Lipinski definition) is 0. The molecule has 4 heterocycles. The van der Waals surface area contributed by atoms with Crippen molar-refractivity contribution in [2.45, 2.75) is 52.2 Å². The van der Waals surface area contributed by atoms with Gasteiger partial charge in [0.2, 0.25) is 0 Å². The summed E-state index contributed by atoms with van der Waals surface area (Å²) in [6, 6.07) is 19.2. The van der Waals surface area contributed by atoms with E-state index >= 15 is 0 Å². The van der Waals surface area contributed by atoms with E-state index in [0.29, 0.717) is 54.2 Å². The Morgan fingerprint density at radius 3 is 2.49 bits per heavy atom. The number of imidazole rings is 1. The molecule has 41 heavy (non-hydrogen) atoms. The van der Waals surface area contributed by atoms with E-state index in [1.54, 1.807) is 14.0 Å². The van der Waals surface area contributed by atoms with E-state index in [1.165, 1.54) is 0 Å². The van der Waals surface area contributed by atoms with Crippen LogP contribution >= 0.6 is 0 Å². The maximum atomic E-state index is 13.5. The lowest BCUT2D eigenvalue weighted by Gasteiger charge is -2.34. The van der Waals surface area contributed by atoms with Crippen molar-refractivity contribution >= 4 is 22.5 Å². The Morgan fingerprint density at radius 1 is 1.00 bits per heavy atom. The lowest BCUT2D eigenvalue weighted by Crippen LogP contribution is -2.43. The lowest BCUT2D eigenvalue weighted by atomic mass is 10.0. The molecule has 0 unspecified atom stereocenters. The molecule has 1 aliphatic rings. The number of aromatic nitrogens is 4. The molecule has 0 atom stereocenters. The molecule has 210 valence electrons. The highest BCUT2D eigenvalue weighted by molar-refractivity contribution is 5.86. The Labute approximate surface area is 238 Å². The molecule has 2 aromatic carbocycles. The molecule has 0 N–H and O–H groups in total. The van der Waals surface area contributed by atoms with E-state index in [2.05, 4.69) is 4.98 Å². The van der Waals surface area contributed by atoms with Crippen LogP contribution in [0.5, 0.6) is 11.5 Å². The summed E-state index contributed by atoms with van der Waals surface area (Å²) in [5, 5.41) is 6.26. The minimum absolute atomic E-state index is 0.0245. The van der Waals surface area contributed by atoms with Gasteiger partial charge in [-0.1, -0.05) is 24.3 Å². The number of piperidine rings is 1.